The summed E-state index contributed by atoms with van der Waals surface area (Å²) in [5.41, 5.74) is 5.17. The van der Waals surface area contributed by atoms with E-state index >= 15 is 0 Å². The lowest BCUT2D eigenvalue weighted by molar-refractivity contribution is 0.494. The van der Waals surface area contributed by atoms with Crippen molar-refractivity contribution in [3.8, 4) is 0 Å². The van der Waals surface area contributed by atoms with Gasteiger partial charge in [-0.1, -0.05) is 44.2 Å². The third-order valence-corrected chi connectivity index (χ3v) is 3.18. The van der Waals surface area contributed by atoms with Gasteiger partial charge in [0.05, 0.1) is 0 Å². The predicted molar refractivity (Wildman–Crippen MR) is 92.1 cm³/mol. The first-order valence-corrected chi connectivity index (χ1v) is 7.70. The van der Waals surface area contributed by atoms with Crippen LogP contribution in [-0.4, -0.2) is 32.1 Å². The summed E-state index contributed by atoms with van der Waals surface area (Å²) in [6.45, 7) is 14.9. The molecule has 0 bridgehead atoms. The molecule has 1 N–H and O–H groups in total. The second kappa shape index (κ2) is 10.5. The fourth-order valence-electron chi connectivity index (χ4n) is 2.29. The van der Waals surface area contributed by atoms with Gasteiger partial charge in [0.1, 0.15) is 0 Å². The normalized spacial score (nSPS) is 13.0. The Morgan fingerprint density at radius 3 is 2.05 bits per heavy atom. The molecule has 1 saturated heterocycles. The van der Waals surface area contributed by atoms with E-state index in [4.69, 9.17) is 0 Å². The smallest absolute Gasteiger partial charge is 0.0369 e. The Labute approximate surface area is 125 Å². The molecule has 1 heterocycles. The summed E-state index contributed by atoms with van der Waals surface area (Å²) >= 11 is 0. The van der Waals surface area contributed by atoms with E-state index in [1.54, 1.807) is 0 Å². The van der Waals surface area contributed by atoms with Crippen molar-refractivity contribution in [2.75, 3.05) is 27.2 Å². The second-order valence-corrected chi connectivity index (χ2v) is 4.96. The van der Waals surface area contributed by atoms with Crippen LogP contribution in [0.1, 0.15) is 43.4 Å². The molecule has 1 aliphatic rings. The van der Waals surface area contributed by atoms with E-state index in [1.807, 2.05) is 27.9 Å². The lowest BCUT2D eigenvalue weighted by Crippen LogP contribution is -2.17. The van der Waals surface area contributed by atoms with Crippen molar-refractivity contribution < 1.29 is 0 Å². The third-order valence-electron chi connectivity index (χ3n) is 3.18. The van der Waals surface area contributed by atoms with Gasteiger partial charge in [0, 0.05) is 24.4 Å². The highest BCUT2D eigenvalue weighted by molar-refractivity contribution is 5.65. The van der Waals surface area contributed by atoms with Crippen LogP contribution in [0.25, 0.3) is 5.70 Å². The molecule has 1 aromatic carbocycles. The molecule has 1 aliphatic heterocycles. The lowest BCUT2D eigenvalue weighted by atomic mass is 10.0. The van der Waals surface area contributed by atoms with Crippen molar-refractivity contribution in [2.45, 2.75) is 40.5 Å². The number of benzene rings is 1. The van der Waals surface area contributed by atoms with Crippen molar-refractivity contribution in [1.29, 1.82) is 0 Å². The Morgan fingerprint density at radius 2 is 1.60 bits per heavy atom. The summed E-state index contributed by atoms with van der Waals surface area (Å²) in [6.07, 6.45) is 2.62. The Bertz CT molecular complexity index is 390. The van der Waals surface area contributed by atoms with Gasteiger partial charge in [-0.15, -0.1) is 0 Å². The molecular weight excluding hydrogens is 244 g/mol. The molecule has 114 valence electrons. The highest BCUT2D eigenvalue weighted by Gasteiger charge is 2.15. The summed E-state index contributed by atoms with van der Waals surface area (Å²) in [4.78, 5) is 2.40. The highest BCUT2D eigenvalue weighted by Crippen LogP contribution is 2.25. The van der Waals surface area contributed by atoms with Crippen LogP contribution in [0.5, 0.6) is 0 Å². The predicted octanol–water partition coefficient (Wildman–Crippen LogP) is 4.23. The molecule has 0 amide bonds. The Hall–Kier alpha value is -1.28. The Morgan fingerprint density at radius 1 is 1.10 bits per heavy atom. The maximum Gasteiger partial charge on any atom is 0.0369 e. The first-order chi connectivity index (χ1) is 9.60. The van der Waals surface area contributed by atoms with Crippen LogP contribution in [0.4, 0.5) is 0 Å². The summed E-state index contributed by atoms with van der Waals surface area (Å²) < 4.78 is 0. The van der Waals surface area contributed by atoms with E-state index in [0.717, 1.165) is 0 Å². The molecule has 1 fully saturated rings. The minimum Gasteiger partial charge on any atom is -0.372 e. The molecular formula is C18H32N2. The molecule has 2 heteroatoms. The SMILES string of the molecule is C=C(c1ccc(C)cc1C)N1CCCC1.CC.CNC. The summed E-state index contributed by atoms with van der Waals surface area (Å²) in [7, 11) is 3.75. The van der Waals surface area contributed by atoms with Crippen LogP contribution in [0.2, 0.25) is 0 Å². The minimum absolute atomic E-state index is 1.17. The lowest BCUT2D eigenvalue weighted by Gasteiger charge is -2.22. The number of hydrogen-bond donors (Lipinski definition) is 1. The van der Waals surface area contributed by atoms with Gasteiger partial charge >= 0.3 is 0 Å². The van der Waals surface area contributed by atoms with Gasteiger partial charge in [-0.05, 0) is 46.3 Å². The minimum atomic E-state index is 1.17. The van der Waals surface area contributed by atoms with Gasteiger partial charge in [-0.2, -0.15) is 0 Å². The number of rotatable bonds is 2. The molecule has 20 heavy (non-hydrogen) atoms. The van der Waals surface area contributed by atoms with Crippen LogP contribution >= 0.6 is 0 Å². The van der Waals surface area contributed by atoms with Crippen molar-refractivity contribution in [2.24, 2.45) is 0 Å². The van der Waals surface area contributed by atoms with Crippen LogP contribution in [0.15, 0.2) is 24.8 Å². The summed E-state index contributed by atoms with van der Waals surface area (Å²) in [5, 5.41) is 2.75. The first kappa shape index (κ1) is 18.7. The average Bonchev–Trinajstić information content (AvgIpc) is 2.95. The quantitative estimate of drug-likeness (QED) is 0.869. The molecule has 0 aliphatic carbocycles. The fourth-order valence-corrected chi connectivity index (χ4v) is 2.29. The maximum atomic E-state index is 4.22. The molecule has 0 aromatic heterocycles. The highest BCUT2D eigenvalue weighted by atomic mass is 15.1. The molecule has 2 nitrogen and oxygen atoms in total. The zero-order valence-corrected chi connectivity index (χ0v) is 14.2. The van der Waals surface area contributed by atoms with Crippen molar-refractivity contribution in [3.63, 3.8) is 0 Å². The van der Waals surface area contributed by atoms with Crippen molar-refractivity contribution >= 4 is 5.70 Å². The van der Waals surface area contributed by atoms with Crippen LogP contribution in [-0.2, 0) is 0 Å². The average molecular weight is 276 g/mol. The van der Waals surface area contributed by atoms with Gasteiger partial charge in [0.15, 0.2) is 0 Å². The Kier molecular flexibility index (Phi) is 9.83. The number of nitrogens with one attached hydrogen (secondary N) is 1. The molecule has 0 spiro atoms. The standard InChI is InChI=1S/C14H19N.C2H7N.C2H6/c1-11-6-7-14(12(2)10-11)13(3)15-8-4-5-9-15;1-3-2;1-2/h6-7,10H,3-5,8-9H2,1-2H3;3H,1-2H3;1-2H3. The molecule has 1 aromatic rings. The number of hydrogen-bond acceptors (Lipinski definition) is 2. The number of likely N-dealkylation sites (tertiary alicyclic amines) is 1. The van der Waals surface area contributed by atoms with E-state index < -0.39 is 0 Å². The van der Waals surface area contributed by atoms with Crippen LogP contribution < -0.4 is 5.32 Å². The van der Waals surface area contributed by atoms with E-state index in [2.05, 4.69) is 48.8 Å². The van der Waals surface area contributed by atoms with Crippen LogP contribution in [0, 0.1) is 13.8 Å². The molecule has 0 unspecified atom stereocenters. The van der Waals surface area contributed by atoms with Crippen molar-refractivity contribution in [1.82, 2.24) is 10.2 Å². The first-order valence-electron chi connectivity index (χ1n) is 7.70. The van der Waals surface area contributed by atoms with Gasteiger partial charge in [-0.3, -0.25) is 0 Å². The van der Waals surface area contributed by atoms with Gasteiger partial charge in [-0.25, -0.2) is 0 Å². The number of nitrogens with zero attached hydrogens (tertiary/aromatic N) is 1. The van der Waals surface area contributed by atoms with Crippen molar-refractivity contribution in [3.05, 3.63) is 41.5 Å². The van der Waals surface area contributed by atoms with Crippen LogP contribution in [0.3, 0.4) is 0 Å². The van der Waals surface area contributed by atoms with Gasteiger partial charge < -0.3 is 10.2 Å². The molecule has 2 rings (SSSR count). The summed E-state index contributed by atoms with van der Waals surface area (Å²) in [6, 6.07) is 6.60. The van der Waals surface area contributed by atoms with E-state index in [-0.39, 0.29) is 0 Å². The monoisotopic (exact) mass is 276 g/mol. The molecule has 0 radical (unpaired) electrons. The van der Waals surface area contributed by atoms with Gasteiger partial charge in [0.25, 0.3) is 0 Å². The Balaban J connectivity index is 0.000000641. The largest absolute Gasteiger partial charge is 0.372 e. The molecule has 0 atom stereocenters. The number of aryl methyl sites for hydroxylation is 2. The second-order valence-electron chi connectivity index (χ2n) is 4.96. The molecule has 0 saturated carbocycles. The summed E-state index contributed by atoms with van der Waals surface area (Å²) in [5.74, 6) is 0. The van der Waals surface area contributed by atoms with Gasteiger partial charge in [0.2, 0.25) is 0 Å². The maximum absolute atomic E-state index is 4.22. The van der Waals surface area contributed by atoms with E-state index in [1.165, 1.54) is 48.3 Å². The zero-order valence-electron chi connectivity index (χ0n) is 14.2. The third kappa shape index (κ3) is 5.79. The zero-order chi connectivity index (χ0) is 15.5. The topological polar surface area (TPSA) is 15.3 Å². The van der Waals surface area contributed by atoms with E-state index in [9.17, 15) is 0 Å². The fraction of sp³-hybridized carbons (Fsp3) is 0.556. The van der Waals surface area contributed by atoms with E-state index in [0.29, 0.717) is 0 Å².